The quantitative estimate of drug-likeness (QED) is 0.914. The van der Waals surface area contributed by atoms with E-state index < -0.39 is 5.97 Å². The molecule has 1 N–H and O–H groups in total. The molecule has 0 heterocycles. The van der Waals surface area contributed by atoms with Gasteiger partial charge in [-0.05, 0) is 48.9 Å². The SMILES string of the molecule is COc1ccc(Cl)cc1CC1CCCCC1C(=O)O. The van der Waals surface area contributed by atoms with Crippen LogP contribution >= 0.6 is 11.6 Å². The Morgan fingerprint density at radius 3 is 2.84 bits per heavy atom. The summed E-state index contributed by atoms with van der Waals surface area (Å²) in [5.74, 6) is 0.0564. The molecule has 0 spiro atoms. The highest BCUT2D eigenvalue weighted by Crippen LogP contribution is 2.35. The van der Waals surface area contributed by atoms with Crippen LogP contribution in [0.25, 0.3) is 0 Å². The van der Waals surface area contributed by atoms with Crippen molar-refractivity contribution in [2.75, 3.05) is 7.11 Å². The van der Waals surface area contributed by atoms with Crippen molar-refractivity contribution in [3.8, 4) is 5.75 Å². The van der Waals surface area contributed by atoms with Gasteiger partial charge in [0.05, 0.1) is 13.0 Å². The lowest BCUT2D eigenvalue weighted by Crippen LogP contribution is -2.28. The molecule has 2 atom stereocenters. The summed E-state index contributed by atoms with van der Waals surface area (Å²) in [5.41, 5.74) is 1.01. The van der Waals surface area contributed by atoms with E-state index in [2.05, 4.69) is 0 Å². The summed E-state index contributed by atoms with van der Waals surface area (Å²) in [4.78, 5) is 11.3. The molecule has 4 heteroatoms. The fourth-order valence-electron chi connectivity index (χ4n) is 2.97. The van der Waals surface area contributed by atoms with Gasteiger partial charge in [0.2, 0.25) is 0 Å². The van der Waals surface area contributed by atoms with Gasteiger partial charge in [-0.2, -0.15) is 0 Å². The number of carboxylic acid groups (broad SMARTS) is 1. The predicted molar refractivity (Wildman–Crippen MR) is 74.8 cm³/mol. The summed E-state index contributed by atoms with van der Waals surface area (Å²) in [6.45, 7) is 0. The first-order valence-electron chi connectivity index (χ1n) is 6.67. The minimum Gasteiger partial charge on any atom is -0.496 e. The maximum absolute atomic E-state index is 11.3. The standard InChI is InChI=1S/C15H19ClO3/c1-19-14-7-6-12(16)9-11(14)8-10-4-2-3-5-13(10)15(17)18/h6-7,9-10,13H,2-5,8H2,1H3,(H,17,18). The first kappa shape index (κ1) is 14.2. The Bertz CT molecular complexity index is 459. The lowest BCUT2D eigenvalue weighted by atomic mass is 9.76. The maximum atomic E-state index is 11.3. The van der Waals surface area contributed by atoms with Gasteiger partial charge in [0.15, 0.2) is 0 Å². The predicted octanol–water partition coefficient (Wildman–Crippen LogP) is 3.78. The molecule has 0 amide bonds. The van der Waals surface area contributed by atoms with Gasteiger partial charge in [0.1, 0.15) is 5.75 Å². The Labute approximate surface area is 118 Å². The third-order valence-corrected chi connectivity index (χ3v) is 4.19. The van der Waals surface area contributed by atoms with Gasteiger partial charge >= 0.3 is 5.97 Å². The number of hydrogen-bond donors (Lipinski definition) is 1. The molecule has 0 aliphatic heterocycles. The third-order valence-electron chi connectivity index (χ3n) is 3.95. The topological polar surface area (TPSA) is 46.5 Å². The molecule has 3 nitrogen and oxygen atoms in total. The van der Waals surface area contributed by atoms with Gasteiger partial charge in [-0.1, -0.05) is 24.4 Å². The fraction of sp³-hybridized carbons (Fsp3) is 0.533. The van der Waals surface area contributed by atoms with Crippen molar-refractivity contribution >= 4 is 17.6 Å². The smallest absolute Gasteiger partial charge is 0.306 e. The molecule has 0 aromatic heterocycles. The van der Waals surface area contributed by atoms with Crippen molar-refractivity contribution in [3.63, 3.8) is 0 Å². The Balaban J connectivity index is 2.18. The summed E-state index contributed by atoms with van der Waals surface area (Å²) in [6.07, 6.45) is 4.59. The van der Waals surface area contributed by atoms with Gasteiger partial charge in [-0.25, -0.2) is 0 Å². The third kappa shape index (κ3) is 3.41. The van der Waals surface area contributed by atoms with Crippen molar-refractivity contribution in [3.05, 3.63) is 28.8 Å². The van der Waals surface area contributed by atoms with Crippen molar-refractivity contribution in [1.82, 2.24) is 0 Å². The molecular formula is C15H19ClO3. The second kappa shape index (κ2) is 6.29. The summed E-state index contributed by atoms with van der Waals surface area (Å²) in [7, 11) is 1.63. The fourth-order valence-corrected chi connectivity index (χ4v) is 3.16. The van der Waals surface area contributed by atoms with Gasteiger partial charge < -0.3 is 9.84 Å². The summed E-state index contributed by atoms with van der Waals surface area (Å²) < 4.78 is 5.33. The Kier molecular flexibility index (Phi) is 4.70. The normalized spacial score (nSPS) is 23.1. The van der Waals surface area contributed by atoms with E-state index >= 15 is 0 Å². The summed E-state index contributed by atoms with van der Waals surface area (Å²) in [5, 5.41) is 9.98. The number of carboxylic acids is 1. The van der Waals surface area contributed by atoms with E-state index in [0.717, 1.165) is 43.4 Å². The molecule has 1 aliphatic rings. The van der Waals surface area contributed by atoms with Crippen LogP contribution in [0.2, 0.25) is 5.02 Å². The molecule has 1 fully saturated rings. The van der Waals surface area contributed by atoms with E-state index in [4.69, 9.17) is 16.3 Å². The average molecular weight is 283 g/mol. The molecule has 1 aromatic carbocycles. The van der Waals surface area contributed by atoms with Crippen LogP contribution in [0.15, 0.2) is 18.2 Å². The number of halogens is 1. The maximum Gasteiger partial charge on any atom is 0.306 e. The number of benzene rings is 1. The molecule has 0 bridgehead atoms. The van der Waals surface area contributed by atoms with Crippen LogP contribution < -0.4 is 4.74 Å². The van der Waals surface area contributed by atoms with Crippen molar-refractivity contribution in [2.45, 2.75) is 32.1 Å². The number of aliphatic carboxylic acids is 1. The van der Waals surface area contributed by atoms with Crippen LogP contribution in [0.1, 0.15) is 31.2 Å². The van der Waals surface area contributed by atoms with Gasteiger partial charge in [-0.15, -0.1) is 0 Å². The van der Waals surface area contributed by atoms with Crippen LogP contribution in [0.4, 0.5) is 0 Å². The van der Waals surface area contributed by atoms with Gasteiger partial charge in [0, 0.05) is 5.02 Å². The Morgan fingerprint density at radius 2 is 2.16 bits per heavy atom. The number of hydrogen-bond acceptors (Lipinski definition) is 2. The second-order valence-corrected chi connectivity index (χ2v) is 5.59. The zero-order valence-electron chi connectivity index (χ0n) is 11.1. The van der Waals surface area contributed by atoms with Crippen molar-refractivity contribution < 1.29 is 14.6 Å². The Hall–Kier alpha value is -1.22. The monoisotopic (exact) mass is 282 g/mol. The molecule has 2 rings (SSSR count). The number of methoxy groups -OCH3 is 1. The first-order valence-corrected chi connectivity index (χ1v) is 7.05. The zero-order valence-corrected chi connectivity index (χ0v) is 11.8. The molecule has 19 heavy (non-hydrogen) atoms. The summed E-state index contributed by atoms with van der Waals surface area (Å²) in [6, 6.07) is 5.52. The molecule has 2 unspecified atom stereocenters. The highest BCUT2D eigenvalue weighted by Gasteiger charge is 2.31. The highest BCUT2D eigenvalue weighted by atomic mass is 35.5. The first-order chi connectivity index (χ1) is 9.11. The van der Waals surface area contributed by atoms with E-state index in [0.29, 0.717) is 5.02 Å². The van der Waals surface area contributed by atoms with Crippen LogP contribution in [0.3, 0.4) is 0 Å². The zero-order chi connectivity index (χ0) is 13.8. The van der Waals surface area contributed by atoms with Crippen LogP contribution in [-0.2, 0) is 11.2 Å². The summed E-state index contributed by atoms with van der Waals surface area (Å²) >= 11 is 6.02. The molecule has 1 saturated carbocycles. The van der Waals surface area contributed by atoms with E-state index in [-0.39, 0.29) is 11.8 Å². The number of carbonyl (C=O) groups is 1. The van der Waals surface area contributed by atoms with E-state index in [1.165, 1.54) is 0 Å². The van der Waals surface area contributed by atoms with Crippen molar-refractivity contribution in [1.29, 1.82) is 0 Å². The highest BCUT2D eigenvalue weighted by molar-refractivity contribution is 6.30. The average Bonchev–Trinajstić information content (AvgIpc) is 2.39. The molecule has 104 valence electrons. The lowest BCUT2D eigenvalue weighted by molar-refractivity contribution is -0.144. The second-order valence-electron chi connectivity index (χ2n) is 5.15. The Morgan fingerprint density at radius 1 is 1.42 bits per heavy atom. The van der Waals surface area contributed by atoms with Crippen LogP contribution in [0.5, 0.6) is 5.75 Å². The largest absolute Gasteiger partial charge is 0.496 e. The number of ether oxygens (including phenoxy) is 1. The van der Waals surface area contributed by atoms with E-state index in [1.807, 2.05) is 12.1 Å². The van der Waals surface area contributed by atoms with Gasteiger partial charge in [0.25, 0.3) is 0 Å². The van der Waals surface area contributed by atoms with E-state index in [9.17, 15) is 9.90 Å². The molecule has 0 radical (unpaired) electrons. The molecular weight excluding hydrogens is 264 g/mol. The number of rotatable bonds is 4. The molecule has 1 aliphatic carbocycles. The van der Waals surface area contributed by atoms with Crippen molar-refractivity contribution in [2.24, 2.45) is 11.8 Å². The minimum absolute atomic E-state index is 0.179. The lowest BCUT2D eigenvalue weighted by Gasteiger charge is -2.29. The van der Waals surface area contributed by atoms with Crippen LogP contribution in [0, 0.1) is 11.8 Å². The molecule has 0 saturated heterocycles. The van der Waals surface area contributed by atoms with Crippen LogP contribution in [-0.4, -0.2) is 18.2 Å². The van der Waals surface area contributed by atoms with E-state index in [1.54, 1.807) is 13.2 Å². The minimum atomic E-state index is -0.675. The van der Waals surface area contributed by atoms with Gasteiger partial charge in [-0.3, -0.25) is 4.79 Å². The molecule has 1 aromatic rings.